The van der Waals surface area contributed by atoms with Gasteiger partial charge in [-0.2, -0.15) is 11.8 Å². The van der Waals surface area contributed by atoms with Crippen molar-refractivity contribution in [2.75, 3.05) is 41.8 Å². The summed E-state index contributed by atoms with van der Waals surface area (Å²) in [6, 6.07) is 13.7. The Hall–Kier alpha value is -2.07. The van der Waals surface area contributed by atoms with Crippen molar-refractivity contribution in [1.82, 2.24) is 9.62 Å². The topological polar surface area (TPSA) is 90.5 Å². The van der Waals surface area contributed by atoms with Gasteiger partial charge in [-0.3, -0.25) is 4.79 Å². The maximum Gasteiger partial charge on any atom is 0.246 e. The molecule has 1 heterocycles. The van der Waals surface area contributed by atoms with Crippen LogP contribution >= 0.6 is 11.8 Å². The van der Waals surface area contributed by atoms with Crippen molar-refractivity contribution in [1.29, 1.82) is 0 Å². The van der Waals surface area contributed by atoms with Gasteiger partial charge in [-0.15, -0.1) is 0 Å². The van der Waals surface area contributed by atoms with E-state index in [1.54, 1.807) is 32.9 Å². The highest BCUT2D eigenvalue weighted by molar-refractivity contribution is 7.99. The number of anilines is 2. The fourth-order valence-corrected chi connectivity index (χ4v) is 5.77. The quantitative estimate of drug-likeness (QED) is 0.473. The van der Waals surface area contributed by atoms with E-state index in [0.717, 1.165) is 18.7 Å². The van der Waals surface area contributed by atoms with Crippen molar-refractivity contribution in [3.05, 3.63) is 54.1 Å². The summed E-state index contributed by atoms with van der Waals surface area (Å²) in [6.45, 7) is 8.75. The molecule has 1 amide bonds. The molecule has 1 unspecified atom stereocenters. The van der Waals surface area contributed by atoms with Crippen LogP contribution in [0.5, 0.6) is 0 Å². The van der Waals surface area contributed by atoms with Crippen LogP contribution in [0.4, 0.5) is 11.4 Å². The predicted octanol–water partition coefficient (Wildman–Crippen LogP) is 3.40. The summed E-state index contributed by atoms with van der Waals surface area (Å²) < 4.78 is 27.0. The Kier molecular flexibility index (Phi) is 9.19. The van der Waals surface area contributed by atoms with Crippen molar-refractivity contribution < 1.29 is 13.2 Å². The molecule has 9 heteroatoms. The molecule has 2 aromatic rings. The summed E-state index contributed by atoms with van der Waals surface area (Å²) in [5.41, 5.74) is 2.72. The highest BCUT2D eigenvalue weighted by Crippen LogP contribution is 2.17. The van der Waals surface area contributed by atoms with Crippen LogP contribution < -0.4 is 15.4 Å². The fraction of sp³-hybridized carbons (Fsp3) is 0.458. The Morgan fingerprint density at radius 1 is 0.970 bits per heavy atom. The van der Waals surface area contributed by atoms with Gasteiger partial charge in [0.25, 0.3) is 0 Å². The highest BCUT2D eigenvalue weighted by atomic mass is 32.2. The molecule has 180 valence electrons. The summed E-state index contributed by atoms with van der Waals surface area (Å²) in [5.74, 6) is 2.25. The maximum atomic E-state index is 12.6. The van der Waals surface area contributed by atoms with Gasteiger partial charge in [0.1, 0.15) is 6.04 Å². The zero-order valence-corrected chi connectivity index (χ0v) is 21.1. The molecule has 1 atom stereocenters. The van der Waals surface area contributed by atoms with Gasteiger partial charge in [0.05, 0.1) is 4.90 Å². The zero-order chi connectivity index (χ0) is 23.8. The first-order valence-corrected chi connectivity index (χ1v) is 14.0. The number of hydrogen-bond acceptors (Lipinski definition) is 6. The minimum Gasteiger partial charge on any atom is -0.374 e. The molecular formula is C24H34N4O3S2. The molecule has 2 aromatic carbocycles. The monoisotopic (exact) mass is 490 g/mol. The van der Waals surface area contributed by atoms with E-state index in [0.29, 0.717) is 5.69 Å². The first-order valence-electron chi connectivity index (χ1n) is 11.3. The first kappa shape index (κ1) is 25.6. The van der Waals surface area contributed by atoms with Crippen molar-refractivity contribution >= 4 is 39.1 Å². The Labute approximate surface area is 201 Å². The standard InChI is InChI=1S/C24H34N4O3S2/c1-18(2)27-33(30,31)23-10-8-22(9-11-23)26-24(29)19(3)25-21-6-4-20(5-7-21)12-13-28-14-16-32-17-15-28/h4-11,18-19,25,27H,12-17H2,1-3H3,(H,26,29). The number of carbonyl (C=O) groups is 1. The van der Waals surface area contributed by atoms with Gasteiger partial charge in [-0.05, 0) is 69.2 Å². The third kappa shape index (κ3) is 8.03. The third-order valence-electron chi connectivity index (χ3n) is 5.37. The molecule has 7 nitrogen and oxygen atoms in total. The molecule has 1 aliphatic heterocycles. The number of rotatable bonds is 10. The zero-order valence-electron chi connectivity index (χ0n) is 19.5. The van der Waals surface area contributed by atoms with Crippen LogP contribution in [0.2, 0.25) is 0 Å². The molecule has 3 N–H and O–H groups in total. The van der Waals surface area contributed by atoms with Gasteiger partial charge < -0.3 is 15.5 Å². The van der Waals surface area contributed by atoms with Crippen LogP contribution in [0.1, 0.15) is 26.3 Å². The minimum atomic E-state index is -3.55. The molecule has 0 aliphatic carbocycles. The lowest BCUT2D eigenvalue weighted by Gasteiger charge is -2.26. The summed E-state index contributed by atoms with van der Waals surface area (Å²) in [7, 11) is -3.55. The van der Waals surface area contributed by atoms with E-state index in [9.17, 15) is 13.2 Å². The normalized spacial score (nSPS) is 15.9. The SMILES string of the molecule is CC(C)NS(=O)(=O)c1ccc(NC(=O)C(C)Nc2ccc(CCN3CCSCC3)cc2)cc1. The Bertz CT molecular complexity index is 1000. The molecule has 3 rings (SSSR count). The average molecular weight is 491 g/mol. The third-order valence-corrected chi connectivity index (χ3v) is 7.99. The van der Waals surface area contributed by atoms with Crippen molar-refractivity contribution in [3.63, 3.8) is 0 Å². The summed E-state index contributed by atoms with van der Waals surface area (Å²) in [4.78, 5) is 15.3. The molecule has 0 radical (unpaired) electrons. The minimum absolute atomic E-state index is 0.166. The highest BCUT2D eigenvalue weighted by Gasteiger charge is 2.17. The van der Waals surface area contributed by atoms with Crippen LogP contribution in [0.15, 0.2) is 53.4 Å². The number of carbonyl (C=O) groups excluding carboxylic acids is 1. The lowest BCUT2D eigenvalue weighted by Crippen LogP contribution is -2.34. The Morgan fingerprint density at radius 3 is 2.18 bits per heavy atom. The molecular weight excluding hydrogens is 456 g/mol. The number of nitrogens with one attached hydrogen (secondary N) is 3. The van der Waals surface area contributed by atoms with Crippen LogP contribution in [-0.4, -0.2) is 62.4 Å². The van der Waals surface area contributed by atoms with Crippen LogP contribution in [0, 0.1) is 0 Å². The molecule has 0 bridgehead atoms. The smallest absolute Gasteiger partial charge is 0.246 e. The van der Waals surface area contributed by atoms with E-state index in [-0.39, 0.29) is 16.8 Å². The lowest BCUT2D eigenvalue weighted by atomic mass is 10.1. The van der Waals surface area contributed by atoms with E-state index in [1.807, 2.05) is 23.9 Å². The summed E-state index contributed by atoms with van der Waals surface area (Å²) in [6.07, 6.45) is 1.03. The number of nitrogens with zero attached hydrogens (tertiary/aromatic N) is 1. The molecule has 33 heavy (non-hydrogen) atoms. The number of benzene rings is 2. The fourth-order valence-electron chi connectivity index (χ4n) is 3.54. The molecule has 1 aliphatic rings. The number of amides is 1. The van der Waals surface area contributed by atoms with Crippen molar-refractivity contribution in [2.45, 2.75) is 44.2 Å². The average Bonchev–Trinajstić information content (AvgIpc) is 2.79. The van der Waals surface area contributed by atoms with E-state index in [1.165, 1.54) is 42.3 Å². The van der Waals surface area contributed by atoms with Crippen LogP contribution in [0.25, 0.3) is 0 Å². The van der Waals surface area contributed by atoms with Gasteiger partial charge in [0.2, 0.25) is 15.9 Å². The maximum absolute atomic E-state index is 12.6. The van der Waals surface area contributed by atoms with Crippen LogP contribution in [-0.2, 0) is 21.2 Å². The number of hydrogen-bond donors (Lipinski definition) is 3. The van der Waals surface area contributed by atoms with Crippen molar-refractivity contribution in [3.8, 4) is 0 Å². The van der Waals surface area contributed by atoms with E-state index in [2.05, 4.69) is 32.4 Å². The lowest BCUT2D eigenvalue weighted by molar-refractivity contribution is -0.116. The Morgan fingerprint density at radius 2 is 1.58 bits per heavy atom. The second kappa shape index (κ2) is 11.9. The second-order valence-electron chi connectivity index (χ2n) is 8.56. The van der Waals surface area contributed by atoms with Gasteiger partial charge in [0, 0.05) is 48.6 Å². The molecule has 0 aromatic heterocycles. The molecule has 1 fully saturated rings. The van der Waals surface area contributed by atoms with Crippen molar-refractivity contribution in [2.24, 2.45) is 0 Å². The summed E-state index contributed by atoms with van der Waals surface area (Å²) in [5, 5.41) is 6.05. The van der Waals surface area contributed by atoms with E-state index in [4.69, 9.17) is 0 Å². The first-order chi connectivity index (χ1) is 15.7. The van der Waals surface area contributed by atoms with Gasteiger partial charge in [-0.1, -0.05) is 12.1 Å². The molecule has 1 saturated heterocycles. The van der Waals surface area contributed by atoms with Gasteiger partial charge in [-0.25, -0.2) is 13.1 Å². The van der Waals surface area contributed by atoms with Gasteiger partial charge in [0.15, 0.2) is 0 Å². The number of sulfonamides is 1. The summed E-state index contributed by atoms with van der Waals surface area (Å²) >= 11 is 2.02. The largest absolute Gasteiger partial charge is 0.374 e. The van der Waals surface area contributed by atoms with Crippen LogP contribution in [0.3, 0.4) is 0 Å². The molecule has 0 spiro atoms. The van der Waals surface area contributed by atoms with Gasteiger partial charge >= 0.3 is 0 Å². The van der Waals surface area contributed by atoms with E-state index >= 15 is 0 Å². The molecule has 0 saturated carbocycles. The van der Waals surface area contributed by atoms with E-state index < -0.39 is 16.1 Å². The number of thioether (sulfide) groups is 1. The second-order valence-corrected chi connectivity index (χ2v) is 11.5. The Balaban J connectivity index is 1.48. The predicted molar refractivity (Wildman–Crippen MR) is 138 cm³/mol.